The summed E-state index contributed by atoms with van der Waals surface area (Å²) in [5, 5.41) is 2.30. The van der Waals surface area contributed by atoms with Crippen molar-refractivity contribution in [3.05, 3.63) is 47.7 Å². The first-order valence-electron chi connectivity index (χ1n) is 5.20. The first-order chi connectivity index (χ1) is 8.86. The number of halogens is 3. The van der Waals surface area contributed by atoms with Crippen LogP contribution in [0.4, 0.5) is 24.7 Å². The molecule has 1 amide bonds. The number of carbonyl (C=O) groups excluding carboxylic acids is 1. The third-order valence-corrected chi connectivity index (χ3v) is 2.30. The highest BCUT2D eigenvalue weighted by atomic mass is 19.4. The molecule has 0 aliphatic rings. The zero-order valence-electron chi connectivity index (χ0n) is 9.49. The largest absolute Gasteiger partial charge is 0.436 e. The second kappa shape index (κ2) is 4.68. The molecule has 100 valence electrons. The summed E-state index contributed by atoms with van der Waals surface area (Å²) in [4.78, 5) is 11.6. The van der Waals surface area contributed by atoms with Crippen LogP contribution in [0.2, 0.25) is 0 Å². The van der Waals surface area contributed by atoms with E-state index in [1.165, 1.54) is 24.3 Å². The van der Waals surface area contributed by atoms with Crippen molar-refractivity contribution in [2.24, 2.45) is 0 Å². The van der Waals surface area contributed by atoms with Crippen molar-refractivity contribution in [1.29, 1.82) is 0 Å². The van der Waals surface area contributed by atoms with Crippen LogP contribution < -0.4 is 11.1 Å². The van der Waals surface area contributed by atoms with E-state index in [0.29, 0.717) is 0 Å². The third kappa shape index (κ3) is 3.06. The van der Waals surface area contributed by atoms with E-state index >= 15 is 0 Å². The van der Waals surface area contributed by atoms with Gasteiger partial charge in [0.25, 0.3) is 5.91 Å². The van der Waals surface area contributed by atoms with Crippen LogP contribution in [0.5, 0.6) is 0 Å². The molecule has 1 heterocycles. The number of amides is 1. The van der Waals surface area contributed by atoms with Gasteiger partial charge in [0.2, 0.25) is 0 Å². The van der Waals surface area contributed by atoms with Crippen LogP contribution in [0.3, 0.4) is 0 Å². The van der Waals surface area contributed by atoms with Gasteiger partial charge in [-0.3, -0.25) is 4.79 Å². The number of nitrogen functional groups attached to an aromatic ring is 1. The van der Waals surface area contributed by atoms with Gasteiger partial charge in [0.05, 0.1) is 5.56 Å². The van der Waals surface area contributed by atoms with E-state index in [1.54, 1.807) is 0 Å². The van der Waals surface area contributed by atoms with Crippen LogP contribution >= 0.6 is 0 Å². The molecule has 2 aromatic rings. The fourth-order valence-electron chi connectivity index (χ4n) is 1.44. The average Bonchev–Trinajstić information content (AvgIpc) is 2.75. The molecular weight excluding hydrogens is 261 g/mol. The van der Waals surface area contributed by atoms with E-state index in [2.05, 4.69) is 5.32 Å². The summed E-state index contributed by atoms with van der Waals surface area (Å²) in [6.07, 6.45) is -4.46. The van der Waals surface area contributed by atoms with Gasteiger partial charge >= 0.3 is 6.18 Å². The van der Waals surface area contributed by atoms with Crippen LogP contribution in [0.1, 0.15) is 16.1 Å². The Morgan fingerprint density at radius 3 is 2.53 bits per heavy atom. The van der Waals surface area contributed by atoms with Gasteiger partial charge in [0.15, 0.2) is 11.6 Å². The van der Waals surface area contributed by atoms with Gasteiger partial charge in [-0.05, 0) is 24.3 Å². The molecule has 1 aromatic heterocycles. The number of carbonyl (C=O) groups is 1. The molecule has 1 aromatic carbocycles. The van der Waals surface area contributed by atoms with Gasteiger partial charge in [-0.25, -0.2) is 0 Å². The molecule has 0 atom stereocenters. The van der Waals surface area contributed by atoms with E-state index in [-0.39, 0.29) is 17.3 Å². The molecule has 0 radical (unpaired) electrons. The van der Waals surface area contributed by atoms with E-state index in [9.17, 15) is 18.0 Å². The van der Waals surface area contributed by atoms with Crippen LogP contribution in [-0.2, 0) is 6.18 Å². The lowest BCUT2D eigenvalue weighted by Gasteiger charge is -2.09. The standard InChI is InChI=1S/C12H9F3N2O2/c13-12(14,15)7-2-1-3-8(6-7)17-11(18)9-4-5-10(16)19-9/h1-6H,16H2,(H,17,18). The molecule has 0 bridgehead atoms. The van der Waals surface area contributed by atoms with Crippen LogP contribution in [0.25, 0.3) is 0 Å². The lowest BCUT2D eigenvalue weighted by molar-refractivity contribution is -0.137. The molecule has 0 spiro atoms. The van der Waals surface area contributed by atoms with E-state index in [0.717, 1.165) is 12.1 Å². The number of nitrogens with one attached hydrogen (secondary N) is 1. The SMILES string of the molecule is Nc1ccc(C(=O)Nc2cccc(C(F)(F)F)c2)o1. The summed E-state index contributed by atoms with van der Waals surface area (Å²) in [5.41, 5.74) is 4.48. The Kier molecular flexibility index (Phi) is 3.20. The minimum atomic E-state index is -4.46. The summed E-state index contributed by atoms with van der Waals surface area (Å²) < 4.78 is 42.3. The minimum absolute atomic E-state index is 0.0230. The quantitative estimate of drug-likeness (QED) is 0.880. The van der Waals surface area contributed by atoms with Gasteiger partial charge in [-0.2, -0.15) is 13.2 Å². The van der Waals surface area contributed by atoms with Crippen LogP contribution in [0, 0.1) is 0 Å². The third-order valence-electron chi connectivity index (χ3n) is 2.30. The Morgan fingerprint density at radius 2 is 1.95 bits per heavy atom. The molecule has 19 heavy (non-hydrogen) atoms. The molecule has 7 heteroatoms. The molecule has 3 N–H and O–H groups in total. The number of hydrogen-bond donors (Lipinski definition) is 2. The lowest BCUT2D eigenvalue weighted by atomic mass is 10.2. The summed E-state index contributed by atoms with van der Waals surface area (Å²) in [6, 6.07) is 7.01. The maximum absolute atomic E-state index is 12.5. The number of alkyl halides is 3. The van der Waals surface area contributed by atoms with E-state index in [4.69, 9.17) is 10.2 Å². The average molecular weight is 270 g/mol. The van der Waals surface area contributed by atoms with Crippen molar-refractivity contribution in [1.82, 2.24) is 0 Å². The van der Waals surface area contributed by atoms with E-state index in [1.807, 2.05) is 0 Å². The van der Waals surface area contributed by atoms with Gasteiger partial charge in [0.1, 0.15) is 0 Å². The minimum Gasteiger partial charge on any atom is -0.436 e. The Balaban J connectivity index is 2.18. The molecule has 0 aliphatic heterocycles. The highest BCUT2D eigenvalue weighted by Gasteiger charge is 2.30. The number of nitrogens with two attached hydrogens (primary N) is 1. The Bertz CT molecular complexity index is 605. The predicted molar refractivity (Wildman–Crippen MR) is 62.5 cm³/mol. The lowest BCUT2D eigenvalue weighted by Crippen LogP contribution is -2.12. The number of anilines is 2. The van der Waals surface area contributed by atoms with Crippen LogP contribution in [-0.4, -0.2) is 5.91 Å². The highest BCUT2D eigenvalue weighted by Crippen LogP contribution is 2.30. The monoisotopic (exact) mass is 270 g/mol. The zero-order valence-corrected chi connectivity index (χ0v) is 9.49. The Hall–Kier alpha value is -2.44. The van der Waals surface area contributed by atoms with Gasteiger partial charge in [0, 0.05) is 11.8 Å². The first-order valence-corrected chi connectivity index (χ1v) is 5.20. The molecular formula is C12H9F3N2O2. The smallest absolute Gasteiger partial charge is 0.416 e. The topological polar surface area (TPSA) is 68.3 Å². The van der Waals surface area contributed by atoms with Crippen LogP contribution in [0.15, 0.2) is 40.8 Å². The maximum Gasteiger partial charge on any atom is 0.416 e. The molecule has 0 aliphatic carbocycles. The van der Waals surface area contributed by atoms with Gasteiger partial charge in [-0.1, -0.05) is 6.07 Å². The van der Waals surface area contributed by atoms with Crippen molar-refractivity contribution in [2.45, 2.75) is 6.18 Å². The Labute approximate surface area is 106 Å². The van der Waals surface area contributed by atoms with Crippen molar-refractivity contribution in [3.63, 3.8) is 0 Å². The van der Waals surface area contributed by atoms with Gasteiger partial charge < -0.3 is 15.5 Å². The highest BCUT2D eigenvalue weighted by molar-refractivity contribution is 6.02. The van der Waals surface area contributed by atoms with Crippen molar-refractivity contribution in [3.8, 4) is 0 Å². The molecule has 0 unspecified atom stereocenters. The number of benzene rings is 1. The number of furan rings is 1. The summed E-state index contributed by atoms with van der Waals surface area (Å²) in [7, 11) is 0. The summed E-state index contributed by atoms with van der Waals surface area (Å²) >= 11 is 0. The maximum atomic E-state index is 12.5. The Morgan fingerprint density at radius 1 is 1.21 bits per heavy atom. The first kappa shape index (κ1) is 13.0. The normalized spacial score (nSPS) is 11.3. The van der Waals surface area contributed by atoms with Crippen molar-refractivity contribution < 1.29 is 22.4 Å². The second-order valence-electron chi connectivity index (χ2n) is 3.73. The van der Waals surface area contributed by atoms with Crippen molar-refractivity contribution in [2.75, 3.05) is 11.1 Å². The van der Waals surface area contributed by atoms with E-state index < -0.39 is 17.6 Å². The second-order valence-corrected chi connectivity index (χ2v) is 3.73. The summed E-state index contributed by atoms with van der Waals surface area (Å²) in [5.74, 6) is -0.694. The summed E-state index contributed by atoms with van der Waals surface area (Å²) in [6.45, 7) is 0. The molecule has 4 nitrogen and oxygen atoms in total. The number of rotatable bonds is 2. The fraction of sp³-hybridized carbons (Fsp3) is 0.0833. The fourth-order valence-corrected chi connectivity index (χ4v) is 1.44. The van der Waals surface area contributed by atoms with Gasteiger partial charge in [-0.15, -0.1) is 0 Å². The zero-order chi connectivity index (χ0) is 14.0. The predicted octanol–water partition coefficient (Wildman–Crippen LogP) is 3.13. The van der Waals surface area contributed by atoms with Crippen molar-refractivity contribution >= 4 is 17.5 Å². The molecule has 0 fully saturated rings. The molecule has 0 saturated heterocycles. The number of hydrogen-bond acceptors (Lipinski definition) is 3. The molecule has 2 rings (SSSR count). The molecule has 0 saturated carbocycles.